The van der Waals surface area contributed by atoms with E-state index in [-0.39, 0.29) is 5.75 Å². The van der Waals surface area contributed by atoms with E-state index >= 15 is 0 Å². The number of aryl methyl sites for hydroxylation is 1. The molecule has 160 valence electrons. The number of carbonyl (C=O) groups excluding carboxylic acids is 1. The molecule has 3 heterocycles. The first-order chi connectivity index (χ1) is 15.5. The van der Waals surface area contributed by atoms with Crippen molar-refractivity contribution in [3.05, 3.63) is 72.1 Å². The average molecular weight is 451 g/mol. The Morgan fingerprint density at radius 2 is 1.97 bits per heavy atom. The van der Waals surface area contributed by atoms with Gasteiger partial charge in [-0.2, -0.15) is 13.9 Å². The third-order valence-corrected chi connectivity index (χ3v) is 5.73. The number of nitrogens with one attached hydrogen (secondary N) is 1. The second-order valence-corrected chi connectivity index (χ2v) is 8.00. The lowest BCUT2D eigenvalue weighted by molar-refractivity contribution is -0.0497. The van der Waals surface area contributed by atoms with Crippen LogP contribution in [0.3, 0.4) is 0 Å². The summed E-state index contributed by atoms with van der Waals surface area (Å²) in [6.07, 6.45) is 3.09. The van der Waals surface area contributed by atoms with Crippen LogP contribution in [0.5, 0.6) is 5.75 Å². The van der Waals surface area contributed by atoms with E-state index < -0.39 is 12.5 Å². The van der Waals surface area contributed by atoms with Crippen molar-refractivity contribution >= 4 is 38.2 Å². The largest absolute Gasteiger partial charge is 0.435 e. The predicted octanol–water partition coefficient (Wildman–Crippen LogP) is 5.17. The molecule has 1 amide bonds. The van der Waals surface area contributed by atoms with Crippen LogP contribution in [0.2, 0.25) is 0 Å². The van der Waals surface area contributed by atoms with Crippen LogP contribution in [-0.2, 0) is 0 Å². The summed E-state index contributed by atoms with van der Waals surface area (Å²) in [5.41, 5.74) is 4.16. The number of benzene rings is 2. The fourth-order valence-electron chi connectivity index (χ4n) is 3.29. The summed E-state index contributed by atoms with van der Waals surface area (Å²) in [6.45, 7) is -0.899. The van der Waals surface area contributed by atoms with Crippen LogP contribution in [-0.4, -0.2) is 32.1 Å². The van der Waals surface area contributed by atoms with Gasteiger partial charge in [0.15, 0.2) is 10.8 Å². The molecule has 32 heavy (non-hydrogen) atoms. The van der Waals surface area contributed by atoms with Crippen molar-refractivity contribution in [2.75, 3.05) is 5.32 Å². The fourth-order valence-corrected chi connectivity index (χ4v) is 4.18. The Labute approximate surface area is 184 Å². The molecule has 0 aliphatic rings. The molecule has 0 bridgehead atoms. The number of nitrogens with zero attached hydrogens (tertiary/aromatic N) is 4. The molecular formula is C22H15F2N5O2S. The standard InChI is InChI=1S/C22H15F2N5O2S/c1-12-2-4-13(5-3-12)17-8-9-25-19-15(11-26-29(17)19)20(30)28-22-27-16-7-6-14(31-21(23)24)10-18(16)32-22/h2-11,21H,1H3,(H,27,28,30). The average Bonchev–Trinajstić information content (AvgIpc) is 3.37. The highest BCUT2D eigenvalue weighted by molar-refractivity contribution is 7.22. The van der Waals surface area contributed by atoms with Crippen molar-refractivity contribution in [2.24, 2.45) is 0 Å². The molecule has 0 aliphatic carbocycles. The highest BCUT2D eigenvalue weighted by atomic mass is 32.1. The molecule has 1 N–H and O–H groups in total. The highest BCUT2D eigenvalue weighted by Crippen LogP contribution is 2.30. The van der Waals surface area contributed by atoms with E-state index in [1.807, 2.05) is 37.3 Å². The molecule has 0 saturated carbocycles. The van der Waals surface area contributed by atoms with Crippen molar-refractivity contribution in [1.82, 2.24) is 19.6 Å². The van der Waals surface area contributed by atoms with Gasteiger partial charge >= 0.3 is 6.61 Å². The zero-order chi connectivity index (χ0) is 22.2. The van der Waals surface area contributed by atoms with Gasteiger partial charge in [0, 0.05) is 11.8 Å². The summed E-state index contributed by atoms with van der Waals surface area (Å²) >= 11 is 1.16. The molecule has 2 aromatic carbocycles. The van der Waals surface area contributed by atoms with Gasteiger partial charge in [-0.15, -0.1) is 0 Å². The molecule has 0 radical (unpaired) electrons. The maximum Gasteiger partial charge on any atom is 0.387 e. The Balaban J connectivity index is 1.44. The smallest absolute Gasteiger partial charge is 0.387 e. The Hall–Kier alpha value is -3.92. The third-order valence-electron chi connectivity index (χ3n) is 4.80. The molecule has 10 heteroatoms. The van der Waals surface area contributed by atoms with Crippen molar-refractivity contribution in [2.45, 2.75) is 13.5 Å². The molecule has 3 aromatic heterocycles. The minimum absolute atomic E-state index is 0.0319. The number of anilines is 1. The predicted molar refractivity (Wildman–Crippen MR) is 117 cm³/mol. The van der Waals surface area contributed by atoms with Crippen molar-refractivity contribution in [1.29, 1.82) is 0 Å². The summed E-state index contributed by atoms with van der Waals surface area (Å²) in [7, 11) is 0. The van der Waals surface area contributed by atoms with Crippen LogP contribution in [0.15, 0.2) is 60.9 Å². The Bertz CT molecular complexity index is 1450. The molecule has 7 nitrogen and oxygen atoms in total. The number of alkyl halides is 2. The van der Waals surface area contributed by atoms with E-state index in [2.05, 4.69) is 25.1 Å². The van der Waals surface area contributed by atoms with E-state index in [0.29, 0.717) is 26.6 Å². The second-order valence-electron chi connectivity index (χ2n) is 6.97. The van der Waals surface area contributed by atoms with Gasteiger partial charge in [0.2, 0.25) is 0 Å². The number of thiazole rings is 1. The summed E-state index contributed by atoms with van der Waals surface area (Å²) in [6, 6.07) is 14.2. The number of amides is 1. The number of hydrogen-bond acceptors (Lipinski definition) is 6. The lowest BCUT2D eigenvalue weighted by Gasteiger charge is -2.05. The molecule has 0 spiro atoms. The van der Waals surface area contributed by atoms with Crippen LogP contribution in [0, 0.1) is 6.92 Å². The minimum atomic E-state index is -2.91. The van der Waals surface area contributed by atoms with Crippen molar-refractivity contribution in [3.8, 4) is 17.0 Å². The minimum Gasteiger partial charge on any atom is -0.435 e. The van der Waals surface area contributed by atoms with Gasteiger partial charge in [-0.1, -0.05) is 41.2 Å². The summed E-state index contributed by atoms with van der Waals surface area (Å²) in [4.78, 5) is 21.6. The number of carbonyl (C=O) groups is 1. The van der Waals surface area contributed by atoms with Crippen LogP contribution in [0.4, 0.5) is 13.9 Å². The first kappa shape index (κ1) is 20.0. The maximum atomic E-state index is 12.9. The molecule has 0 aliphatic heterocycles. The fraction of sp³-hybridized carbons (Fsp3) is 0.0909. The van der Waals surface area contributed by atoms with E-state index in [0.717, 1.165) is 28.2 Å². The van der Waals surface area contributed by atoms with Gasteiger partial charge in [-0.3, -0.25) is 10.1 Å². The molecule has 5 aromatic rings. The van der Waals surface area contributed by atoms with Crippen LogP contribution in [0.1, 0.15) is 15.9 Å². The van der Waals surface area contributed by atoms with Gasteiger partial charge in [0.25, 0.3) is 5.91 Å². The van der Waals surface area contributed by atoms with E-state index in [9.17, 15) is 13.6 Å². The number of rotatable bonds is 5. The quantitative estimate of drug-likeness (QED) is 0.399. The highest BCUT2D eigenvalue weighted by Gasteiger charge is 2.18. The molecular weight excluding hydrogens is 436 g/mol. The van der Waals surface area contributed by atoms with Crippen molar-refractivity contribution in [3.63, 3.8) is 0 Å². The van der Waals surface area contributed by atoms with Gasteiger partial charge in [0.1, 0.15) is 11.3 Å². The van der Waals surface area contributed by atoms with E-state index in [1.165, 1.54) is 18.3 Å². The first-order valence-corrected chi connectivity index (χ1v) is 10.4. The number of aromatic nitrogens is 4. The molecule has 0 unspecified atom stereocenters. The van der Waals surface area contributed by atoms with Crippen LogP contribution in [0.25, 0.3) is 27.1 Å². The van der Waals surface area contributed by atoms with Crippen LogP contribution >= 0.6 is 11.3 Å². The number of ether oxygens (including phenoxy) is 1. The normalized spacial score (nSPS) is 11.4. The van der Waals surface area contributed by atoms with E-state index in [1.54, 1.807) is 16.8 Å². The third kappa shape index (κ3) is 3.76. The van der Waals surface area contributed by atoms with Gasteiger partial charge in [-0.05, 0) is 31.2 Å². The number of halogens is 2. The second kappa shape index (κ2) is 7.97. The van der Waals surface area contributed by atoms with Crippen molar-refractivity contribution < 1.29 is 18.3 Å². The topological polar surface area (TPSA) is 81.4 Å². The summed E-state index contributed by atoms with van der Waals surface area (Å²) in [5.74, 6) is -0.388. The number of fused-ring (bicyclic) bond motifs is 2. The Kier molecular flexibility index (Phi) is 4.98. The molecule has 0 saturated heterocycles. The number of hydrogen-bond donors (Lipinski definition) is 1. The maximum absolute atomic E-state index is 12.9. The summed E-state index contributed by atoms with van der Waals surface area (Å²) in [5, 5.41) is 7.42. The zero-order valence-corrected chi connectivity index (χ0v) is 17.4. The van der Waals surface area contributed by atoms with Gasteiger partial charge in [0.05, 0.1) is 22.1 Å². The lowest BCUT2D eigenvalue weighted by atomic mass is 10.1. The molecule has 0 atom stereocenters. The zero-order valence-electron chi connectivity index (χ0n) is 16.6. The monoisotopic (exact) mass is 451 g/mol. The van der Waals surface area contributed by atoms with Gasteiger partial charge < -0.3 is 4.74 Å². The molecule has 5 rings (SSSR count). The Morgan fingerprint density at radius 3 is 2.75 bits per heavy atom. The van der Waals surface area contributed by atoms with Gasteiger partial charge in [-0.25, -0.2) is 14.5 Å². The molecule has 0 fully saturated rings. The SMILES string of the molecule is Cc1ccc(-c2ccnc3c(C(=O)Nc4nc5ccc(OC(F)F)cc5s4)cnn23)cc1. The first-order valence-electron chi connectivity index (χ1n) is 9.54. The van der Waals surface area contributed by atoms with Crippen LogP contribution < -0.4 is 10.1 Å². The lowest BCUT2D eigenvalue weighted by Crippen LogP contribution is -2.11. The summed E-state index contributed by atoms with van der Waals surface area (Å²) < 4.78 is 31.5. The van der Waals surface area contributed by atoms with E-state index in [4.69, 9.17) is 0 Å². The Morgan fingerprint density at radius 1 is 1.16 bits per heavy atom.